The fraction of sp³-hybridized carbons (Fsp3) is 0.500. The molecular weight excluding hydrogens is 235 g/mol. The van der Waals surface area contributed by atoms with Crippen molar-refractivity contribution in [1.82, 2.24) is 0 Å². The molecule has 0 saturated heterocycles. The SMILES string of the molecule is CCC(C(=O)OC)C(C)(O)Cc1ccccc1F. The summed E-state index contributed by atoms with van der Waals surface area (Å²) in [5.74, 6) is -1.52. The van der Waals surface area contributed by atoms with Crippen molar-refractivity contribution in [3.05, 3.63) is 35.6 Å². The van der Waals surface area contributed by atoms with Crippen molar-refractivity contribution in [3.63, 3.8) is 0 Å². The van der Waals surface area contributed by atoms with Crippen molar-refractivity contribution >= 4 is 5.97 Å². The molecule has 1 aromatic carbocycles. The smallest absolute Gasteiger partial charge is 0.311 e. The number of halogens is 1. The van der Waals surface area contributed by atoms with Gasteiger partial charge in [-0.3, -0.25) is 4.79 Å². The average molecular weight is 254 g/mol. The number of aliphatic hydroxyl groups is 1. The highest BCUT2D eigenvalue weighted by Gasteiger charge is 2.37. The van der Waals surface area contributed by atoms with Gasteiger partial charge in [0.1, 0.15) is 5.82 Å². The second kappa shape index (κ2) is 5.96. The quantitative estimate of drug-likeness (QED) is 0.820. The molecule has 4 heteroatoms. The van der Waals surface area contributed by atoms with Crippen LogP contribution in [0.2, 0.25) is 0 Å². The molecular formula is C14H19FO3. The Morgan fingerprint density at radius 1 is 1.50 bits per heavy atom. The van der Waals surface area contributed by atoms with E-state index in [9.17, 15) is 14.3 Å². The predicted molar refractivity (Wildman–Crippen MR) is 66.5 cm³/mol. The Morgan fingerprint density at radius 2 is 2.11 bits per heavy atom. The van der Waals surface area contributed by atoms with Gasteiger partial charge in [0.25, 0.3) is 0 Å². The second-order valence-corrected chi connectivity index (χ2v) is 4.61. The topological polar surface area (TPSA) is 46.5 Å². The van der Waals surface area contributed by atoms with Crippen LogP contribution in [0.3, 0.4) is 0 Å². The Labute approximate surface area is 107 Å². The lowest BCUT2D eigenvalue weighted by Crippen LogP contribution is -2.42. The molecule has 1 aromatic rings. The highest BCUT2D eigenvalue weighted by molar-refractivity contribution is 5.73. The minimum absolute atomic E-state index is 0.0767. The van der Waals surface area contributed by atoms with E-state index < -0.39 is 17.5 Å². The Kier molecular flexibility index (Phi) is 4.84. The van der Waals surface area contributed by atoms with Gasteiger partial charge in [0.05, 0.1) is 18.6 Å². The van der Waals surface area contributed by atoms with Crippen molar-refractivity contribution in [3.8, 4) is 0 Å². The summed E-state index contributed by atoms with van der Waals surface area (Å²) in [6.45, 7) is 3.32. The van der Waals surface area contributed by atoms with Crippen LogP contribution in [0.25, 0.3) is 0 Å². The van der Waals surface area contributed by atoms with Gasteiger partial charge in [-0.2, -0.15) is 0 Å². The average Bonchev–Trinajstić information content (AvgIpc) is 2.32. The van der Waals surface area contributed by atoms with E-state index in [2.05, 4.69) is 4.74 Å². The van der Waals surface area contributed by atoms with Gasteiger partial charge in [0.2, 0.25) is 0 Å². The molecule has 0 saturated carbocycles. The van der Waals surface area contributed by atoms with Gasteiger partial charge in [-0.15, -0.1) is 0 Å². The maximum atomic E-state index is 13.5. The van der Waals surface area contributed by atoms with Crippen LogP contribution in [-0.2, 0) is 16.0 Å². The second-order valence-electron chi connectivity index (χ2n) is 4.61. The van der Waals surface area contributed by atoms with Crippen LogP contribution >= 0.6 is 0 Å². The lowest BCUT2D eigenvalue weighted by molar-refractivity contribution is -0.154. The first-order chi connectivity index (χ1) is 8.42. The van der Waals surface area contributed by atoms with Crippen LogP contribution < -0.4 is 0 Å². The van der Waals surface area contributed by atoms with Crippen molar-refractivity contribution in [2.45, 2.75) is 32.3 Å². The first kappa shape index (κ1) is 14.6. The van der Waals surface area contributed by atoms with E-state index in [4.69, 9.17) is 0 Å². The molecule has 0 aliphatic carbocycles. The zero-order chi connectivity index (χ0) is 13.8. The number of esters is 1. The van der Waals surface area contributed by atoms with Gasteiger partial charge in [0.15, 0.2) is 0 Å². The molecule has 0 spiro atoms. The Morgan fingerprint density at radius 3 is 2.61 bits per heavy atom. The summed E-state index contributed by atoms with van der Waals surface area (Å²) < 4.78 is 18.2. The van der Waals surface area contributed by atoms with E-state index in [-0.39, 0.29) is 12.2 Å². The number of hydrogen-bond acceptors (Lipinski definition) is 3. The van der Waals surface area contributed by atoms with E-state index in [1.54, 1.807) is 25.1 Å². The zero-order valence-electron chi connectivity index (χ0n) is 10.9. The highest BCUT2D eigenvalue weighted by Crippen LogP contribution is 2.27. The van der Waals surface area contributed by atoms with E-state index in [0.717, 1.165) is 0 Å². The molecule has 100 valence electrons. The van der Waals surface area contributed by atoms with Gasteiger partial charge >= 0.3 is 5.97 Å². The van der Waals surface area contributed by atoms with Crippen LogP contribution in [0.15, 0.2) is 24.3 Å². The Balaban J connectivity index is 2.92. The maximum Gasteiger partial charge on any atom is 0.311 e. The summed E-state index contributed by atoms with van der Waals surface area (Å²) in [6, 6.07) is 6.23. The Bertz CT molecular complexity index is 415. The molecule has 3 nitrogen and oxygen atoms in total. The molecule has 2 unspecified atom stereocenters. The summed E-state index contributed by atoms with van der Waals surface area (Å²) in [4.78, 5) is 11.6. The molecule has 0 aromatic heterocycles. The molecule has 0 bridgehead atoms. The third-order valence-corrected chi connectivity index (χ3v) is 3.15. The number of hydrogen-bond donors (Lipinski definition) is 1. The molecule has 0 amide bonds. The summed E-state index contributed by atoms with van der Waals surface area (Å²) in [5, 5.41) is 10.4. The number of methoxy groups -OCH3 is 1. The number of rotatable bonds is 5. The zero-order valence-corrected chi connectivity index (χ0v) is 10.9. The lowest BCUT2D eigenvalue weighted by Gasteiger charge is -2.30. The number of carbonyl (C=O) groups is 1. The van der Waals surface area contributed by atoms with Crippen molar-refractivity contribution in [1.29, 1.82) is 0 Å². The lowest BCUT2D eigenvalue weighted by atomic mass is 9.82. The van der Waals surface area contributed by atoms with E-state index in [0.29, 0.717) is 12.0 Å². The van der Waals surface area contributed by atoms with Gasteiger partial charge in [-0.05, 0) is 25.0 Å². The van der Waals surface area contributed by atoms with Crippen molar-refractivity contribution < 1.29 is 19.0 Å². The van der Waals surface area contributed by atoms with Crippen molar-refractivity contribution in [2.24, 2.45) is 5.92 Å². The molecule has 2 atom stereocenters. The minimum atomic E-state index is -1.33. The standard InChI is InChI=1S/C14H19FO3/c1-4-11(13(16)18-3)14(2,17)9-10-7-5-6-8-12(10)15/h5-8,11,17H,4,9H2,1-3H3. The van der Waals surface area contributed by atoms with Crippen LogP contribution in [-0.4, -0.2) is 23.8 Å². The number of benzene rings is 1. The van der Waals surface area contributed by atoms with Crippen LogP contribution in [0.4, 0.5) is 4.39 Å². The molecule has 0 radical (unpaired) electrons. The van der Waals surface area contributed by atoms with Gasteiger partial charge in [0, 0.05) is 6.42 Å². The normalized spacial score (nSPS) is 15.8. The summed E-state index contributed by atoms with van der Waals surface area (Å²) >= 11 is 0. The van der Waals surface area contributed by atoms with Crippen LogP contribution in [0.5, 0.6) is 0 Å². The number of carbonyl (C=O) groups excluding carboxylic acids is 1. The molecule has 1 rings (SSSR count). The monoisotopic (exact) mass is 254 g/mol. The highest BCUT2D eigenvalue weighted by atomic mass is 19.1. The maximum absolute atomic E-state index is 13.5. The molecule has 0 aliphatic heterocycles. The predicted octanol–water partition coefficient (Wildman–Crippen LogP) is 2.32. The largest absolute Gasteiger partial charge is 0.469 e. The van der Waals surface area contributed by atoms with Gasteiger partial charge in [-0.25, -0.2) is 4.39 Å². The van der Waals surface area contributed by atoms with Crippen molar-refractivity contribution in [2.75, 3.05) is 7.11 Å². The fourth-order valence-electron chi connectivity index (χ4n) is 2.15. The molecule has 1 N–H and O–H groups in total. The molecule has 0 fully saturated rings. The van der Waals surface area contributed by atoms with E-state index >= 15 is 0 Å². The number of ether oxygens (including phenoxy) is 1. The molecule has 0 aliphatic rings. The first-order valence-corrected chi connectivity index (χ1v) is 5.96. The molecule has 18 heavy (non-hydrogen) atoms. The van der Waals surface area contributed by atoms with E-state index in [1.165, 1.54) is 20.1 Å². The Hall–Kier alpha value is -1.42. The summed E-state index contributed by atoms with van der Waals surface area (Å²) in [7, 11) is 1.28. The fourth-order valence-corrected chi connectivity index (χ4v) is 2.15. The summed E-state index contributed by atoms with van der Waals surface area (Å²) in [6.07, 6.45) is 0.515. The third-order valence-electron chi connectivity index (χ3n) is 3.15. The van der Waals surface area contributed by atoms with Gasteiger partial charge in [-0.1, -0.05) is 25.1 Å². The first-order valence-electron chi connectivity index (χ1n) is 5.96. The van der Waals surface area contributed by atoms with Crippen LogP contribution in [0, 0.1) is 11.7 Å². The van der Waals surface area contributed by atoms with Gasteiger partial charge < -0.3 is 9.84 Å². The molecule has 0 heterocycles. The minimum Gasteiger partial charge on any atom is -0.469 e. The third kappa shape index (κ3) is 3.29. The van der Waals surface area contributed by atoms with Crippen LogP contribution in [0.1, 0.15) is 25.8 Å². The van der Waals surface area contributed by atoms with E-state index in [1.807, 2.05) is 0 Å². The summed E-state index contributed by atoms with van der Waals surface area (Å²) in [5.41, 5.74) is -0.936.